The van der Waals surface area contributed by atoms with Gasteiger partial charge in [0.2, 0.25) is 0 Å². The molecule has 20 heavy (non-hydrogen) atoms. The molecule has 0 unspecified atom stereocenters. The van der Waals surface area contributed by atoms with Gasteiger partial charge in [-0.05, 0) is 12.8 Å². The smallest absolute Gasteiger partial charge is 0.324 e. The van der Waals surface area contributed by atoms with Crippen molar-refractivity contribution in [2.45, 2.75) is 38.5 Å². The van der Waals surface area contributed by atoms with Crippen LogP contribution in [0, 0.1) is 0 Å². The molecule has 7 heteroatoms. The average molecular weight is 276 g/mol. The van der Waals surface area contributed by atoms with Crippen molar-refractivity contribution in [2.24, 2.45) is 7.05 Å². The molecule has 3 rings (SSSR count). The van der Waals surface area contributed by atoms with Crippen LogP contribution >= 0.6 is 0 Å². The summed E-state index contributed by atoms with van der Waals surface area (Å²) in [5, 5.41) is 12.2. The lowest BCUT2D eigenvalue weighted by atomic mass is 9.96. The summed E-state index contributed by atoms with van der Waals surface area (Å²) < 4.78 is 7.35. The Bertz CT molecular complexity index is 567. The number of hydrogen-bond donors (Lipinski definition) is 0. The highest BCUT2D eigenvalue weighted by molar-refractivity contribution is 5.27. The maximum atomic E-state index is 5.35. The first kappa shape index (κ1) is 13.1. The van der Waals surface area contributed by atoms with Gasteiger partial charge in [-0.1, -0.05) is 19.0 Å². The van der Waals surface area contributed by atoms with Crippen LogP contribution in [-0.2, 0) is 7.05 Å². The quantitative estimate of drug-likeness (QED) is 0.849. The fraction of sp³-hybridized carbons (Fsp3) is 0.692. The third-order valence-electron chi connectivity index (χ3n) is 3.82. The predicted octanol–water partition coefficient (Wildman–Crippen LogP) is 1.71. The van der Waals surface area contributed by atoms with E-state index in [0.29, 0.717) is 17.9 Å². The van der Waals surface area contributed by atoms with Crippen molar-refractivity contribution in [3.05, 3.63) is 18.0 Å². The summed E-state index contributed by atoms with van der Waals surface area (Å²) in [4.78, 5) is 6.61. The van der Waals surface area contributed by atoms with Crippen LogP contribution in [0.2, 0.25) is 0 Å². The van der Waals surface area contributed by atoms with Crippen LogP contribution in [0.1, 0.15) is 50.2 Å². The van der Waals surface area contributed by atoms with Gasteiger partial charge in [0.05, 0.1) is 0 Å². The first-order valence-electron chi connectivity index (χ1n) is 7.07. The lowest BCUT2D eigenvalue weighted by Gasteiger charge is -2.29. The minimum absolute atomic E-state index is 0.295. The molecule has 108 valence electrons. The summed E-state index contributed by atoms with van der Waals surface area (Å²) in [6.45, 7) is 5.96. The molecule has 0 amide bonds. The van der Waals surface area contributed by atoms with Gasteiger partial charge in [-0.25, -0.2) is 0 Å². The number of hydrogen-bond acceptors (Lipinski definition) is 6. The van der Waals surface area contributed by atoms with Crippen molar-refractivity contribution < 1.29 is 4.52 Å². The second-order valence-electron chi connectivity index (χ2n) is 5.65. The topological polar surface area (TPSA) is 72.9 Å². The van der Waals surface area contributed by atoms with E-state index in [9.17, 15) is 0 Å². The van der Waals surface area contributed by atoms with Crippen molar-refractivity contribution in [1.82, 2.24) is 24.9 Å². The van der Waals surface area contributed by atoms with E-state index in [2.05, 4.69) is 39.1 Å². The summed E-state index contributed by atoms with van der Waals surface area (Å²) in [5.74, 6) is 2.60. The van der Waals surface area contributed by atoms with E-state index in [1.165, 1.54) is 0 Å². The lowest BCUT2D eigenvalue weighted by Crippen LogP contribution is -2.33. The summed E-state index contributed by atoms with van der Waals surface area (Å²) in [6, 6.07) is 0.644. The zero-order chi connectivity index (χ0) is 14.1. The molecule has 0 atom stereocenters. The molecular weight excluding hydrogens is 256 g/mol. The monoisotopic (exact) mass is 276 g/mol. The number of rotatable bonds is 3. The Morgan fingerprint density at radius 1 is 1.30 bits per heavy atom. The Balaban J connectivity index is 1.65. The molecule has 1 fully saturated rings. The van der Waals surface area contributed by atoms with Crippen LogP contribution in [-0.4, -0.2) is 38.0 Å². The van der Waals surface area contributed by atoms with Crippen molar-refractivity contribution in [1.29, 1.82) is 0 Å². The van der Waals surface area contributed by atoms with Crippen LogP contribution in [0.4, 0.5) is 6.01 Å². The van der Waals surface area contributed by atoms with E-state index in [-0.39, 0.29) is 0 Å². The van der Waals surface area contributed by atoms with E-state index in [0.717, 1.165) is 37.6 Å². The summed E-state index contributed by atoms with van der Waals surface area (Å²) >= 11 is 0. The van der Waals surface area contributed by atoms with Gasteiger partial charge in [-0.2, -0.15) is 4.98 Å². The maximum absolute atomic E-state index is 5.35. The SMILES string of the molecule is CC(C)c1noc(N2CCC(c3nncn3C)CC2)n1. The molecule has 1 aliphatic rings. The van der Waals surface area contributed by atoms with Gasteiger partial charge in [-0.15, -0.1) is 10.2 Å². The first-order valence-corrected chi connectivity index (χ1v) is 7.07. The molecule has 7 nitrogen and oxygen atoms in total. The predicted molar refractivity (Wildman–Crippen MR) is 73.6 cm³/mol. The van der Waals surface area contributed by atoms with Gasteiger partial charge in [0.25, 0.3) is 0 Å². The second kappa shape index (κ2) is 5.22. The van der Waals surface area contributed by atoms with Gasteiger partial charge in [0.15, 0.2) is 5.82 Å². The summed E-state index contributed by atoms with van der Waals surface area (Å²) in [5.41, 5.74) is 0. The second-order valence-corrected chi connectivity index (χ2v) is 5.65. The molecule has 2 aromatic heterocycles. The van der Waals surface area contributed by atoms with E-state index in [1.807, 2.05) is 11.6 Å². The molecule has 0 aliphatic carbocycles. The Labute approximate surface area is 118 Å². The zero-order valence-corrected chi connectivity index (χ0v) is 12.2. The minimum Gasteiger partial charge on any atom is -0.324 e. The van der Waals surface area contributed by atoms with Gasteiger partial charge in [0, 0.05) is 32.0 Å². The maximum Gasteiger partial charge on any atom is 0.324 e. The van der Waals surface area contributed by atoms with Crippen LogP contribution < -0.4 is 4.90 Å². The normalized spacial score (nSPS) is 17.1. The number of piperidine rings is 1. The fourth-order valence-corrected chi connectivity index (χ4v) is 2.58. The van der Waals surface area contributed by atoms with Gasteiger partial charge < -0.3 is 14.0 Å². The van der Waals surface area contributed by atoms with Crippen molar-refractivity contribution in [3.8, 4) is 0 Å². The largest absolute Gasteiger partial charge is 0.324 e. The highest BCUT2D eigenvalue weighted by Crippen LogP contribution is 2.28. The Morgan fingerprint density at radius 2 is 2.05 bits per heavy atom. The summed E-state index contributed by atoms with van der Waals surface area (Å²) in [6.07, 6.45) is 3.83. The lowest BCUT2D eigenvalue weighted by molar-refractivity contribution is 0.383. The standard InChI is InChI=1S/C13H20N6O/c1-9(2)11-15-13(20-17-11)19-6-4-10(5-7-19)12-16-14-8-18(12)3/h8-10H,4-7H2,1-3H3. The first-order chi connectivity index (χ1) is 9.65. The van der Waals surface area contributed by atoms with Crippen LogP contribution in [0.5, 0.6) is 0 Å². The number of nitrogens with zero attached hydrogens (tertiary/aromatic N) is 6. The fourth-order valence-electron chi connectivity index (χ4n) is 2.58. The van der Waals surface area contributed by atoms with Crippen LogP contribution in [0.15, 0.2) is 10.9 Å². The van der Waals surface area contributed by atoms with Crippen molar-refractivity contribution in [3.63, 3.8) is 0 Å². The molecule has 3 heterocycles. The third kappa shape index (κ3) is 2.39. The van der Waals surface area contributed by atoms with E-state index < -0.39 is 0 Å². The van der Waals surface area contributed by atoms with Crippen molar-refractivity contribution in [2.75, 3.05) is 18.0 Å². The van der Waals surface area contributed by atoms with E-state index >= 15 is 0 Å². The zero-order valence-electron chi connectivity index (χ0n) is 12.2. The molecule has 0 spiro atoms. The molecular formula is C13H20N6O. The Hall–Kier alpha value is -1.92. The van der Waals surface area contributed by atoms with Crippen LogP contribution in [0.3, 0.4) is 0 Å². The molecule has 1 aliphatic heterocycles. The molecule has 0 saturated carbocycles. The minimum atomic E-state index is 0.295. The van der Waals surface area contributed by atoms with Crippen molar-refractivity contribution >= 4 is 6.01 Å². The number of aryl methyl sites for hydroxylation is 1. The summed E-state index contributed by atoms with van der Waals surface area (Å²) in [7, 11) is 1.99. The van der Waals surface area contributed by atoms with E-state index in [4.69, 9.17) is 4.52 Å². The molecule has 0 bridgehead atoms. The molecule has 0 radical (unpaired) electrons. The molecule has 0 N–H and O–H groups in total. The molecule has 2 aromatic rings. The average Bonchev–Trinajstić information content (AvgIpc) is 3.07. The Kier molecular flexibility index (Phi) is 3.42. The Morgan fingerprint density at radius 3 is 2.60 bits per heavy atom. The molecule has 0 aromatic carbocycles. The highest BCUT2D eigenvalue weighted by Gasteiger charge is 2.26. The van der Waals surface area contributed by atoms with E-state index in [1.54, 1.807) is 6.33 Å². The highest BCUT2D eigenvalue weighted by atomic mass is 16.5. The van der Waals surface area contributed by atoms with Gasteiger partial charge in [0.1, 0.15) is 12.2 Å². The number of aromatic nitrogens is 5. The molecule has 1 saturated heterocycles. The third-order valence-corrected chi connectivity index (χ3v) is 3.82. The number of anilines is 1. The van der Waals surface area contributed by atoms with Crippen LogP contribution in [0.25, 0.3) is 0 Å². The van der Waals surface area contributed by atoms with Gasteiger partial charge in [-0.3, -0.25) is 0 Å². The van der Waals surface area contributed by atoms with Gasteiger partial charge >= 0.3 is 6.01 Å².